The summed E-state index contributed by atoms with van der Waals surface area (Å²) in [5.41, 5.74) is 13.0. The number of hydrogen-bond donors (Lipinski definition) is 0. The summed E-state index contributed by atoms with van der Waals surface area (Å²) in [6.07, 6.45) is 0. The molecule has 0 saturated carbocycles. The number of para-hydroxylation sites is 2. The van der Waals surface area contributed by atoms with Gasteiger partial charge >= 0.3 is 0 Å². The van der Waals surface area contributed by atoms with Crippen LogP contribution < -0.4 is 0 Å². The van der Waals surface area contributed by atoms with E-state index < -0.39 is 0 Å². The average Bonchev–Trinajstić information content (AvgIpc) is 3.52. The molecule has 0 amide bonds. The molecule has 0 bridgehead atoms. The van der Waals surface area contributed by atoms with Crippen LogP contribution in [0.5, 0.6) is 0 Å². The van der Waals surface area contributed by atoms with Crippen LogP contribution in [0.3, 0.4) is 0 Å². The summed E-state index contributed by atoms with van der Waals surface area (Å²) in [7, 11) is 0. The van der Waals surface area contributed by atoms with Crippen molar-refractivity contribution in [3.05, 3.63) is 156 Å². The van der Waals surface area contributed by atoms with Gasteiger partial charge in [-0.2, -0.15) is 0 Å². The third-order valence-corrected chi connectivity index (χ3v) is 8.58. The standard InChI is InChI=1S/C38H26O/c1-38(27-15-9-14-26(24-27)25-12-3-2-4-13-25)33-21-7-5-17-32(33)36-29(18-11-22-34(36)38)31-20-10-19-30-28-16-6-8-23-35(28)39-37(30)31/h2-24H,1H3. The monoisotopic (exact) mass is 498 g/mol. The smallest absolute Gasteiger partial charge is 0.143 e. The first kappa shape index (κ1) is 22.1. The zero-order chi connectivity index (χ0) is 26.0. The van der Waals surface area contributed by atoms with Gasteiger partial charge in [0.2, 0.25) is 0 Å². The van der Waals surface area contributed by atoms with Gasteiger partial charge in [0.1, 0.15) is 11.2 Å². The van der Waals surface area contributed by atoms with E-state index in [1.54, 1.807) is 0 Å². The summed E-state index contributed by atoms with van der Waals surface area (Å²) in [5.74, 6) is 0. The summed E-state index contributed by atoms with van der Waals surface area (Å²) in [5, 5.41) is 2.32. The van der Waals surface area contributed by atoms with Gasteiger partial charge in [0.05, 0.1) is 0 Å². The molecule has 1 atom stereocenters. The van der Waals surface area contributed by atoms with Crippen molar-refractivity contribution in [2.45, 2.75) is 12.3 Å². The quantitative estimate of drug-likeness (QED) is 0.236. The molecule has 0 saturated heterocycles. The zero-order valence-corrected chi connectivity index (χ0v) is 21.7. The Labute approximate surface area is 228 Å². The molecular weight excluding hydrogens is 472 g/mol. The lowest BCUT2D eigenvalue weighted by Crippen LogP contribution is -2.22. The van der Waals surface area contributed by atoms with E-state index >= 15 is 0 Å². The van der Waals surface area contributed by atoms with Crippen LogP contribution in [0.15, 0.2) is 144 Å². The molecule has 1 aliphatic rings. The van der Waals surface area contributed by atoms with Crippen molar-refractivity contribution < 1.29 is 4.42 Å². The van der Waals surface area contributed by atoms with Crippen LogP contribution in [0.1, 0.15) is 23.6 Å². The molecule has 0 radical (unpaired) electrons. The van der Waals surface area contributed by atoms with Gasteiger partial charge in [0.25, 0.3) is 0 Å². The molecular formula is C38H26O. The summed E-state index contributed by atoms with van der Waals surface area (Å²) < 4.78 is 6.49. The summed E-state index contributed by atoms with van der Waals surface area (Å²) in [4.78, 5) is 0. The van der Waals surface area contributed by atoms with E-state index in [2.05, 4.69) is 140 Å². The maximum atomic E-state index is 6.49. The van der Waals surface area contributed by atoms with Crippen molar-refractivity contribution in [3.63, 3.8) is 0 Å². The van der Waals surface area contributed by atoms with Gasteiger partial charge in [-0.1, -0.05) is 127 Å². The fourth-order valence-corrected chi connectivity index (χ4v) is 6.68. The molecule has 1 unspecified atom stereocenters. The first-order valence-corrected chi connectivity index (χ1v) is 13.5. The number of hydrogen-bond acceptors (Lipinski definition) is 1. The van der Waals surface area contributed by atoms with Crippen LogP contribution in [0.25, 0.3) is 55.3 Å². The summed E-state index contributed by atoms with van der Waals surface area (Å²) in [6.45, 7) is 2.38. The van der Waals surface area contributed by atoms with Gasteiger partial charge in [-0.3, -0.25) is 0 Å². The molecule has 1 heterocycles. The molecule has 1 aromatic heterocycles. The molecule has 8 rings (SSSR count). The fourth-order valence-electron chi connectivity index (χ4n) is 6.68. The highest BCUT2D eigenvalue weighted by atomic mass is 16.3. The molecule has 1 nitrogen and oxygen atoms in total. The number of rotatable bonds is 3. The molecule has 0 fully saturated rings. The highest BCUT2D eigenvalue weighted by molar-refractivity contribution is 6.11. The molecule has 1 heteroatoms. The molecule has 6 aromatic carbocycles. The number of benzene rings is 6. The lowest BCUT2D eigenvalue weighted by molar-refractivity contribution is 0.670. The Morgan fingerprint density at radius 2 is 1.13 bits per heavy atom. The topological polar surface area (TPSA) is 13.1 Å². The van der Waals surface area contributed by atoms with Crippen LogP contribution in [-0.2, 0) is 5.41 Å². The largest absolute Gasteiger partial charge is 0.455 e. The summed E-state index contributed by atoms with van der Waals surface area (Å²) in [6, 6.07) is 50.2. The second-order valence-corrected chi connectivity index (χ2v) is 10.6. The zero-order valence-electron chi connectivity index (χ0n) is 21.7. The molecule has 184 valence electrons. The Balaban J connectivity index is 1.40. The van der Waals surface area contributed by atoms with Crippen molar-refractivity contribution in [1.82, 2.24) is 0 Å². The van der Waals surface area contributed by atoms with Crippen molar-refractivity contribution in [3.8, 4) is 33.4 Å². The minimum atomic E-state index is -0.283. The lowest BCUT2D eigenvalue weighted by Gasteiger charge is -2.29. The van der Waals surface area contributed by atoms with Crippen molar-refractivity contribution in [1.29, 1.82) is 0 Å². The highest BCUT2D eigenvalue weighted by Gasteiger charge is 2.42. The van der Waals surface area contributed by atoms with Crippen LogP contribution in [-0.4, -0.2) is 0 Å². The first-order valence-electron chi connectivity index (χ1n) is 13.5. The predicted molar refractivity (Wildman–Crippen MR) is 162 cm³/mol. The van der Waals surface area contributed by atoms with Gasteiger partial charge in [-0.25, -0.2) is 0 Å². The van der Waals surface area contributed by atoms with E-state index in [1.165, 1.54) is 44.5 Å². The SMILES string of the molecule is CC1(c2cccc(-c3ccccc3)c2)c2ccccc2-c2c(-c3cccc4c3oc3ccccc34)cccc21. The Bertz CT molecular complexity index is 2030. The number of furan rings is 1. The van der Waals surface area contributed by atoms with E-state index in [4.69, 9.17) is 4.42 Å². The molecule has 39 heavy (non-hydrogen) atoms. The van der Waals surface area contributed by atoms with E-state index in [0.29, 0.717) is 0 Å². The van der Waals surface area contributed by atoms with Crippen molar-refractivity contribution in [2.24, 2.45) is 0 Å². The van der Waals surface area contributed by atoms with Crippen LogP contribution >= 0.6 is 0 Å². The minimum Gasteiger partial charge on any atom is -0.455 e. The molecule has 0 aliphatic heterocycles. The third-order valence-electron chi connectivity index (χ3n) is 8.58. The molecule has 1 aliphatic carbocycles. The van der Waals surface area contributed by atoms with Crippen molar-refractivity contribution >= 4 is 21.9 Å². The van der Waals surface area contributed by atoms with Gasteiger partial charge in [-0.15, -0.1) is 0 Å². The Hall–Kier alpha value is -4.88. The molecule has 0 N–H and O–H groups in total. The Morgan fingerprint density at radius 3 is 2.05 bits per heavy atom. The average molecular weight is 499 g/mol. The van der Waals surface area contributed by atoms with E-state index in [9.17, 15) is 0 Å². The maximum Gasteiger partial charge on any atom is 0.143 e. The predicted octanol–water partition coefficient (Wildman–Crippen LogP) is 10.3. The van der Waals surface area contributed by atoms with Gasteiger partial charge < -0.3 is 4.42 Å². The molecule has 0 spiro atoms. The van der Waals surface area contributed by atoms with Gasteiger partial charge in [0, 0.05) is 21.8 Å². The molecule has 7 aromatic rings. The van der Waals surface area contributed by atoms with Crippen LogP contribution in [0, 0.1) is 0 Å². The van der Waals surface area contributed by atoms with Crippen molar-refractivity contribution in [2.75, 3.05) is 0 Å². The van der Waals surface area contributed by atoms with E-state index in [-0.39, 0.29) is 5.41 Å². The maximum absolute atomic E-state index is 6.49. The Morgan fingerprint density at radius 1 is 0.487 bits per heavy atom. The summed E-state index contributed by atoms with van der Waals surface area (Å²) >= 11 is 0. The second-order valence-electron chi connectivity index (χ2n) is 10.6. The first-order chi connectivity index (χ1) is 19.2. The third kappa shape index (κ3) is 3.14. The fraction of sp³-hybridized carbons (Fsp3) is 0.0526. The van der Waals surface area contributed by atoms with Crippen LogP contribution in [0.2, 0.25) is 0 Å². The van der Waals surface area contributed by atoms with E-state index in [0.717, 1.165) is 27.5 Å². The lowest BCUT2D eigenvalue weighted by atomic mass is 9.73. The van der Waals surface area contributed by atoms with Crippen LogP contribution in [0.4, 0.5) is 0 Å². The second kappa shape index (κ2) is 8.31. The van der Waals surface area contributed by atoms with E-state index in [1.807, 2.05) is 6.07 Å². The highest BCUT2D eigenvalue weighted by Crippen LogP contribution is 2.55. The Kier molecular flexibility index (Phi) is 4.72. The normalized spacial score (nSPS) is 15.9. The minimum absolute atomic E-state index is 0.283. The van der Waals surface area contributed by atoms with Gasteiger partial charge in [-0.05, 0) is 63.6 Å². The van der Waals surface area contributed by atoms with Gasteiger partial charge in [0.15, 0.2) is 0 Å². The number of fused-ring (bicyclic) bond motifs is 6.